The smallest absolute Gasteiger partial charge is 0.145 e. The van der Waals surface area contributed by atoms with Gasteiger partial charge in [-0.3, -0.25) is 0 Å². The van der Waals surface area contributed by atoms with Crippen molar-refractivity contribution in [3.05, 3.63) is 0 Å². The van der Waals surface area contributed by atoms with Crippen molar-refractivity contribution in [2.24, 2.45) is 45.4 Å². The molecule has 1 unspecified atom stereocenters. The highest BCUT2D eigenvalue weighted by molar-refractivity contribution is 5.89. The van der Waals surface area contributed by atoms with Crippen molar-refractivity contribution in [3.8, 4) is 0 Å². The third-order valence-corrected chi connectivity index (χ3v) is 8.87. The Kier molecular flexibility index (Phi) is 4.84. The lowest BCUT2D eigenvalue weighted by Gasteiger charge is -2.60. The number of nitrogens with two attached hydrogens (primary N) is 1. The molecule has 5 heteroatoms. The Balaban J connectivity index is 1.54. The molecule has 4 aliphatic rings. The van der Waals surface area contributed by atoms with Crippen LogP contribution in [0.25, 0.3) is 0 Å². The molecular formula is C21H35FN2O2. The number of aliphatic hydroxyl groups is 1. The fourth-order valence-corrected chi connectivity index (χ4v) is 7.35. The standard InChI is InChI=1S/C21H35FN2O2/c1-20-10-8-17(24-26-12-11-23)19(22)16(20)4-3-13-14-5-6-18(25)21(14,2)9-7-15(13)20/h13-16,18-19,25H,3-12,23H2,1-2H3/t13-,14-,15-,16?,18-,19-,20+,21-/m0/s1. The topological polar surface area (TPSA) is 67.8 Å². The van der Waals surface area contributed by atoms with Gasteiger partial charge in [-0.25, -0.2) is 4.39 Å². The Labute approximate surface area is 156 Å². The summed E-state index contributed by atoms with van der Waals surface area (Å²) in [4.78, 5) is 5.19. The number of oxime groups is 1. The lowest BCUT2D eigenvalue weighted by molar-refractivity contribution is -0.123. The van der Waals surface area contributed by atoms with Crippen molar-refractivity contribution >= 4 is 5.71 Å². The third kappa shape index (κ3) is 2.64. The van der Waals surface area contributed by atoms with Gasteiger partial charge in [0.2, 0.25) is 0 Å². The van der Waals surface area contributed by atoms with Crippen LogP contribution in [0.1, 0.15) is 65.2 Å². The van der Waals surface area contributed by atoms with Gasteiger partial charge < -0.3 is 15.7 Å². The van der Waals surface area contributed by atoms with Crippen molar-refractivity contribution in [1.29, 1.82) is 0 Å². The quantitative estimate of drug-likeness (QED) is 0.591. The van der Waals surface area contributed by atoms with Crippen LogP contribution in [-0.2, 0) is 4.84 Å². The van der Waals surface area contributed by atoms with Crippen LogP contribution >= 0.6 is 0 Å². The summed E-state index contributed by atoms with van der Waals surface area (Å²) in [7, 11) is 0. The molecule has 0 saturated heterocycles. The summed E-state index contributed by atoms with van der Waals surface area (Å²) in [6.45, 7) is 5.40. The van der Waals surface area contributed by atoms with Gasteiger partial charge in [0.15, 0.2) is 0 Å². The van der Waals surface area contributed by atoms with E-state index in [-0.39, 0.29) is 22.9 Å². The zero-order chi connectivity index (χ0) is 18.5. The zero-order valence-electron chi connectivity index (χ0n) is 16.3. The molecule has 0 aliphatic heterocycles. The number of halogens is 1. The fraction of sp³-hybridized carbons (Fsp3) is 0.952. The Morgan fingerprint density at radius 2 is 1.81 bits per heavy atom. The molecule has 0 spiro atoms. The minimum atomic E-state index is -0.977. The molecule has 0 aromatic rings. The molecule has 4 nitrogen and oxygen atoms in total. The van der Waals surface area contributed by atoms with E-state index in [9.17, 15) is 5.11 Å². The van der Waals surface area contributed by atoms with Gasteiger partial charge in [-0.1, -0.05) is 19.0 Å². The average molecular weight is 367 g/mol. The third-order valence-electron chi connectivity index (χ3n) is 8.87. The summed E-state index contributed by atoms with van der Waals surface area (Å²) in [5.41, 5.74) is 6.18. The summed E-state index contributed by atoms with van der Waals surface area (Å²) in [5.74, 6) is 1.93. The molecule has 4 rings (SSSR count). The minimum Gasteiger partial charge on any atom is -0.394 e. The fourth-order valence-electron chi connectivity index (χ4n) is 7.35. The number of fused-ring (bicyclic) bond motifs is 5. The molecule has 0 bridgehead atoms. The molecule has 148 valence electrons. The molecule has 4 fully saturated rings. The molecule has 26 heavy (non-hydrogen) atoms. The van der Waals surface area contributed by atoms with Gasteiger partial charge in [0.05, 0.1) is 11.8 Å². The second kappa shape index (κ2) is 6.73. The predicted molar refractivity (Wildman–Crippen MR) is 100 cm³/mol. The van der Waals surface area contributed by atoms with Crippen molar-refractivity contribution < 1.29 is 14.3 Å². The van der Waals surface area contributed by atoms with Crippen LogP contribution in [0.5, 0.6) is 0 Å². The Morgan fingerprint density at radius 1 is 1.08 bits per heavy atom. The Bertz CT molecular complexity index is 570. The number of aliphatic hydroxyl groups excluding tert-OH is 1. The SMILES string of the molecule is C[C@]12CC[C@H]3[C@@H](CCC4[C@H](F)C(=NOCCN)CC[C@@]43C)[C@@H]1CC[C@@H]2O. The summed E-state index contributed by atoms with van der Waals surface area (Å²) < 4.78 is 15.3. The number of nitrogens with zero attached hydrogens (tertiary/aromatic N) is 1. The second-order valence-electron chi connectivity index (χ2n) is 9.81. The van der Waals surface area contributed by atoms with Crippen molar-refractivity contribution in [1.82, 2.24) is 0 Å². The maximum absolute atomic E-state index is 15.3. The second-order valence-corrected chi connectivity index (χ2v) is 9.81. The Morgan fingerprint density at radius 3 is 2.58 bits per heavy atom. The number of rotatable bonds is 3. The summed E-state index contributed by atoms with van der Waals surface area (Å²) in [5, 5.41) is 14.6. The van der Waals surface area contributed by atoms with E-state index in [0.717, 1.165) is 44.9 Å². The molecule has 3 N–H and O–H groups in total. The van der Waals surface area contributed by atoms with E-state index in [1.165, 1.54) is 0 Å². The number of alkyl halides is 1. The van der Waals surface area contributed by atoms with Gasteiger partial charge in [-0.05, 0) is 80.0 Å². The van der Waals surface area contributed by atoms with Gasteiger partial charge in [0.1, 0.15) is 12.8 Å². The highest BCUT2D eigenvalue weighted by Crippen LogP contribution is 2.66. The van der Waals surface area contributed by atoms with E-state index in [1.807, 2.05) is 0 Å². The predicted octanol–water partition coefficient (Wildman–Crippen LogP) is 3.67. The maximum Gasteiger partial charge on any atom is 0.145 e. The lowest BCUT2D eigenvalue weighted by Crippen LogP contribution is -2.57. The first-order chi connectivity index (χ1) is 12.4. The van der Waals surface area contributed by atoms with Crippen molar-refractivity contribution in [2.75, 3.05) is 13.2 Å². The zero-order valence-corrected chi connectivity index (χ0v) is 16.3. The first-order valence-corrected chi connectivity index (χ1v) is 10.6. The van der Waals surface area contributed by atoms with E-state index < -0.39 is 6.17 Å². The molecule has 0 amide bonds. The van der Waals surface area contributed by atoms with Gasteiger partial charge in [-0.15, -0.1) is 0 Å². The van der Waals surface area contributed by atoms with Crippen molar-refractivity contribution in [3.63, 3.8) is 0 Å². The van der Waals surface area contributed by atoms with Crippen LogP contribution in [0, 0.1) is 34.5 Å². The maximum atomic E-state index is 15.3. The summed E-state index contributed by atoms with van der Waals surface area (Å²) in [6.07, 6.45) is 6.98. The van der Waals surface area contributed by atoms with E-state index >= 15 is 4.39 Å². The Hall–Kier alpha value is -0.680. The molecule has 0 aromatic carbocycles. The largest absolute Gasteiger partial charge is 0.394 e. The number of hydrogen-bond donors (Lipinski definition) is 2. The lowest BCUT2D eigenvalue weighted by atomic mass is 9.45. The van der Waals surface area contributed by atoms with E-state index in [4.69, 9.17) is 10.6 Å². The molecule has 0 radical (unpaired) electrons. The average Bonchev–Trinajstić information content (AvgIpc) is 2.92. The van der Waals surface area contributed by atoms with Gasteiger partial charge in [0, 0.05) is 12.5 Å². The molecule has 0 aromatic heterocycles. The van der Waals surface area contributed by atoms with E-state index in [1.54, 1.807) is 0 Å². The molecule has 0 heterocycles. The highest BCUT2D eigenvalue weighted by atomic mass is 19.1. The molecule has 8 atom stereocenters. The molecule has 4 saturated carbocycles. The normalized spacial score (nSPS) is 52.3. The van der Waals surface area contributed by atoms with Gasteiger partial charge in [-0.2, -0.15) is 0 Å². The minimum absolute atomic E-state index is 0.0596. The van der Waals surface area contributed by atoms with Crippen LogP contribution < -0.4 is 5.73 Å². The summed E-state index contributed by atoms with van der Waals surface area (Å²) in [6, 6.07) is 0. The summed E-state index contributed by atoms with van der Waals surface area (Å²) >= 11 is 0. The highest BCUT2D eigenvalue weighted by Gasteiger charge is 2.61. The first-order valence-electron chi connectivity index (χ1n) is 10.6. The molecule has 4 aliphatic carbocycles. The van der Waals surface area contributed by atoms with E-state index in [2.05, 4.69) is 19.0 Å². The van der Waals surface area contributed by atoms with Crippen LogP contribution in [0.3, 0.4) is 0 Å². The van der Waals surface area contributed by atoms with Gasteiger partial charge >= 0.3 is 0 Å². The van der Waals surface area contributed by atoms with Gasteiger partial charge in [0.25, 0.3) is 0 Å². The monoisotopic (exact) mass is 366 g/mol. The van der Waals surface area contributed by atoms with Crippen LogP contribution in [0.15, 0.2) is 5.16 Å². The van der Waals surface area contributed by atoms with Crippen LogP contribution in [0.2, 0.25) is 0 Å². The number of hydrogen-bond acceptors (Lipinski definition) is 4. The van der Waals surface area contributed by atoms with Crippen LogP contribution in [0.4, 0.5) is 4.39 Å². The van der Waals surface area contributed by atoms with Crippen LogP contribution in [-0.4, -0.2) is 36.2 Å². The molecular weight excluding hydrogens is 331 g/mol. The van der Waals surface area contributed by atoms with Crippen molar-refractivity contribution in [2.45, 2.75) is 77.5 Å². The van der Waals surface area contributed by atoms with E-state index in [0.29, 0.717) is 43.0 Å². The first kappa shape index (κ1) is 18.7.